The van der Waals surface area contributed by atoms with Crippen molar-refractivity contribution >= 4 is 11.6 Å². The van der Waals surface area contributed by atoms with Gasteiger partial charge in [-0.25, -0.2) is 0 Å². The average molecular weight is 236 g/mol. The van der Waals surface area contributed by atoms with E-state index in [1.165, 1.54) is 6.42 Å². The van der Waals surface area contributed by atoms with Gasteiger partial charge in [-0.05, 0) is 31.1 Å². The van der Waals surface area contributed by atoms with Crippen molar-refractivity contribution in [2.45, 2.75) is 39.2 Å². The third-order valence-corrected chi connectivity index (χ3v) is 3.94. The summed E-state index contributed by atoms with van der Waals surface area (Å²) in [5, 5.41) is 4.21. The van der Waals surface area contributed by atoms with Gasteiger partial charge in [0, 0.05) is 6.20 Å². The minimum Gasteiger partial charge on any atom is -0.396 e. The quantitative estimate of drug-likeness (QED) is 0.817. The van der Waals surface area contributed by atoms with Crippen molar-refractivity contribution in [2.75, 3.05) is 5.73 Å². The molecular formula is C12H20N4O. The molecule has 0 bridgehead atoms. The predicted molar refractivity (Wildman–Crippen MR) is 66.4 cm³/mol. The minimum atomic E-state index is -0.557. The summed E-state index contributed by atoms with van der Waals surface area (Å²) in [7, 11) is 0. The van der Waals surface area contributed by atoms with E-state index in [1.807, 2.05) is 4.68 Å². The van der Waals surface area contributed by atoms with E-state index in [1.54, 1.807) is 6.20 Å². The highest BCUT2D eigenvalue weighted by atomic mass is 16.1. The molecule has 1 aliphatic rings. The van der Waals surface area contributed by atoms with E-state index in [2.05, 4.69) is 18.9 Å². The van der Waals surface area contributed by atoms with Crippen LogP contribution in [-0.4, -0.2) is 15.7 Å². The molecule has 0 radical (unpaired) electrons. The van der Waals surface area contributed by atoms with Crippen molar-refractivity contribution < 1.29 is 4.79 Å². The summed E-state index contributed by atoms with van der Waals surface area (Å²) in [6, 6.07) is 0.344. The molecule has 1 aliphatic carbocycles. The van der Waals surface area contributed by atoms with Gasteiger partial charge in [-0.15, -0.1) is 0 Å². The standard InChI is InChI=1S/C12H20N4O/c1-7-3-4-9(5-8(7)2)16-6-10(13)11(15-16)12(14)17/h6-9H,3-5,13H2,1-2H3,(H2,14,17). The molecule has 1 amide bonds. The maximum Gasteiger partial charge on any atom is 0.271 e. The molecule has 5 nitrogen and oxygen atoms in total. The van der Waals surface area contributed by atoms with Crippen molar-refractivity contribution in [3.05, 3.63) is 11.9 Å². The molecule has 1 aromatic rings. The van der Waals surface area contributed by atoms with Crippen LogP contribution < -0.4 is 11.5 Å². The molecule has 1 aromatic heterocycles. The summed E-state index contributed by atoms with van der Waals surface area (Å²) < 4.78 is 1.82. The van der Waals surface area contributed by atoms with E-state index in [0.717, 1.165) is 18.8 Å². The highest BCUT2D eigenvalue weighted by Crippen LogP contribution is 2.36. The number of primary amides is 1. The topological polar surface area (TPSA) is 86.9 Å². The summed E-state index contributed by atoms with van der Waals surface area (Å²) in [5.74, 6) is 0.879. The zero-order valence-corrected chi connectivity index (χ0v) is 10.4. The fourth-order valence-electron chi connectivity index (χ4n) is 2.54. The van der Waals surface area contributed by atoms with E-state index < -0.39 is 5.91 Å². The Morgan fingerprint density at radius 3 is 2.65 bits per heavy atom. The Balaban J connectivity index is 2.18. The number of nitrogens with zero attached hydrogens (tertiary/aromatic N) is 2. The van der Waals surface area contributed by atoms with Crippen LogP contribution in [-0.2, 0) is 0 Å². The van der Waals surface area contributed by atoms with Crippen LogP contribution in [0.3, 0.4) is 0 Å². The Morgan fingerprint density at radius 2 is 2.12 bits per heavy atom. The Morgan fingerprint density at radius 1 is 1.41 bits per heavy atom. The number of nitrogen functional groups attached to an aromatic ring is 1. The molecule has 1 heterocycles. The van der Waals surface area contributed by atoms with Gasteiger partial charge < -0.3 is 11.5 Å². The largest absolute Gasteiger partial charge is 0.396 e. The molecule has 0 spiro atoms. The highest BCUT2D eigenvalue weighted by Gasteiger charge is 2.27. The SMILES string of the molecule is CC1CCC(n2cc(N)c(C(N)=O)n2)CC1C. The lowest BCUT2D eigenvalue weighted by Crippen LogP contribution is -2.24. The molecule has 0 saturated heterocycles. The zero-order valence-electron chi connectivity index (χ0n) is 10.4. The first kappa shape index (κ1) is 12.0. The Labute approximate surface area is 101 Å². The van der Waals surface area contributed by atoms with Gasteiger partial charge in [0.2, 0.25) is 0 Å². The molecule has 17 heavy (non-hydrogen) atoms. The van der Waals surface area contributed by atoms with Crippen LogP contribution in [0.15, 0.2) is 6.20 Å². The second-order valence-corrected chi connectivity index (χ2v) is 5.20. The number of carbonyl (C=O) groups is 1. The summed E-state index contributed by atoms with van der Waals surface area (Å²) in [6.45, 7) is 4.55. The first-order valence-corrected chi connectivity index (χ1v) is 6.13. The number of hydrogen-bond donors (Lipinski definition) is 2. The molecular weight excluding hydrogens is 216 g/mol. The first-order valence-electron chi connectivity index (χ1n) is 6.13. The Kier molecular flexibility index (Phi) is 3.09. The second kappa shape index (κ2) is 4.39. The van der Waals surface area contributed by atoms with E-state index in [-0.39, 0.29) is 5.69 Å². The number of carbonyl (C=O) groups excluding carboxylic acids is 1. The average Bonchev–Trinajstić information content (AvgIpc) is 2.64. The van der Waals surface area contributed by atoms with E-state index in [0.29, 0.717) is 17.6 Å². The third kappa shape index (κ3) is 2.28. The van der Waals surface area contributed by atoms with Crippen LogP contribution in [0.4, 0.5) is 5.69 Å². The van der Waals surface area contributed by atoms with Crippen molar-refractivity contribution in [3.63, 3.8) is 0 Å². The molecule has 94 valence electrons. The van der Waals surface area contributed by atoms with Crippen LogP contribution in [0.25, 0.3) is 0 Å². The summed E-state index contributed by atoms with van der Waals surface area (Å²) >= 11 is 0. The monoisotopic (exact) mass is 236 g/mol. The van der Waals surface area contributed by atoms with Crippen molar-refractivity contribution in [1.82, 2.24) is 9.78 Å². The van der Waals surface area contributed by atoms with Gasteiger partial charge >= 0.3 is 0 Å². The second-order valence-electron chi connectivity index (χ2n) is 5.20. The summed E-state index contributed by atoms with van der Waals surface area (Å²) in [5.41, 5.74) is 11.5. The van der Waals surface area contributed by atoms with Gasteiger partial charge in [-0.2, -0.15) is 5.10 Å². The Bertz CT molecular complexity index is 426. The van der Waals surface area contributed by atoms with Crippen LogP contribution in [0.1, 0.15) is 49.6 Å². The third-order valence-electron chi connectivity index (χ3n) is 3.94. The fourth-order valence-corrected chi connectivity index (χ4v) is 2.54. The molecule has 1 fully saturated rings. The van der Waals surface area contributed by atoms with Gasteiger partial charge in [-0.3, -0.25) is 9.48 Å². The summed E-state index contributed by atoms with van der Waals surface area (Å²) in [4.78, 5) is 11.1. The molecule has 0 aliphatic heterocycles. The zero-order chi connectivity index (χ0) is 12.6. The highest BCUT2D eigenvalue weighted by molar-refractivity contribution is 5.95. The lowest BCUT2D eigenvalue weighted by atomic mass is 9.79. The number of nitrogens with two attached hydrogens (primary N) is 2. The number of rotatable bonds is 2. The molecule has 2 rings (SSSR count). The van der Waals surface area contributed by atoms with Gasteiger partial charge in [0.25, 0.3) is 5.91 Å². The van der Waals surface area contributed by atoms with Crippen LogP contribution in [0.2, 0.25) is 0 Å². The van der Waals surface area contributed by atoms with Gasteiger partial charge in [-0.1, -0.05) is 13.8 Å². The van der Waals surface area contributed by atoms with Crippen molar-refractivity contribution in [3.8, 4) is 0 Å². The summed E-state index contributed by atoms with van der Waals surface area (Å²) in [6.07, 6.45) is 5.09. The van der Waals surface area contributed by atoms with E-state index in [9.17, 15) is 4.79 Å². The molecule has 3 atom stereocenters. The smallest absolute Gasteiger partial charge is 0.271 e. The lowest BCUT2D eigenvalue weighted by Gasteiger charge is -2.32. The molecule has 4 N–H and O–H groups in total. The fraction of sp³-hybridized carbons (Fsp3) is 0.667. The lowest BCUT2D eigenvalue weighted by molar-refractivity contribution is 0.0994. The maximum absolute atomic E-state index is 11.1. The van der Waals surface area contributed by atoms with Gasteiger partial charge in [0.05, 0.1) is 11.7 Å². The molecule has 5 heteroatoms. The van der Waals surface area contributed by atoms with Crippen molar-refractivity contribution in [2.24, 2.45) is 17.6 Å². The van der Waals surface area contributed by atoms with Crippen molar-refractivity contribution in [1.29, 1.82) is 0 Å². The number of hydrogen-bond acceptors (Lipinski definition) is 3. The molecule has 0 aromatic carbocycles. The van der Waals surface area contributed by atoms with E-state index in [4.69, 9.17) is 11.5 Å². The number of anilines is 1. The van der Waals surface area contributed by atoms with E-state index >= 15 is 0 Å². The van der Waals surface area contributed by atoms with Crippen LogP contribution >= 0.6 is 0 Å². The molecule has 1 saturated carbocycles. The predicted octanol–water partition coefficient (Wildman–Crippen LogP) is 1.56. The minimum absolute atomic E-state index is 0.191. The Hall–Kier alpha value is -1.52. The number of amides is 1. The maximum atomic E-state index is 11.1. The normalized spacial score (nSPS) is 29.2. The van der Waals surface area contributed by atoms with Crippen LogP contribution in [0, 0.1) is 11.8 Å². The molecule has 3 unspecified atom stereocenters. The number of aromatic nitrogens is 2. The van der Waals surface area contributed by atoms with Crippen LogP contribution in [0.5, 0.6) is 0 Å². The van der Waals surface area contributed by atoms with Gasteiger partial charge in [0.1, 0.15) is 0 Å². The van der Waals surface area contributed by atoms with Gasteiger partial charge in [0.15, 0.2) is 5.69 Å². The first-order chi connectivity index (χ1) is 7.99.